The number of aryl methyl sites for hydroxylation is 3. The molecule has 208 valence electrons. The topological polar surface area (TPSA) is 68.7 Å². The summed E-state index contributed by atoms with van der Waals surface area (Å²) in [6.45, 7) is 6.22. The zero-order valence-corrected chi connectivity index (χ0v) is 23.8. The summed E-state index contributed by atoms with van der Waals surface area (Å²) in [6, 6.07) is 28.2. The number of fused-ring (bicyclic) bond motifs is 3. The second-order valence-electron chi connectivity index (χ2n) is 10.7. The largest absolute Gasteiger partial charge is 0.457 e. The van der Waals surface area contributed by atoms with E-state index in [1.807, 2.05) is 63.9 Å². The van der Waals surface area contributed by atoms with Crippen molar-refractivity contribution < 1.29 is 9.13 Å². The molecule has 0 atom stereocenters. The van der Waals surface area contributed by atoms with Crippen LogP contribution in [0.4, 0.5) is 4.39 Å². The summed E-state index contributed by atoms with van der Waals surface area (Å²) in [6.07, 6.45) is 5.36. The number of ether oxygens (including phenoxy) is 1. The smallest absolute Gasteiger partial charge is 0.144 e. The maximum atomic E-state index is 15.1. The number of pyridine rings is 1. The Balaban J connectivity index is 1.32. The van der Waals surface area contributed by atoms with Gasteiger partial charge in [0.15, 0.2) is 0 Å². The fraction of sp³-hybridized carbons (Fsp3) is 0.0833. The van der Waals surface area contributed by atoms with Crippen molar-refractivity contribution >= 4 is 21.8 Å². The lowest BCUT2D eigenvalue weighted by atomic mass is 10.0. The van der Waals surface area contributed by atoms with Crippen LogP contribution in [-0.2, 0) is 0 Å². The third kappa shape index (κ3) is 4.59. The third-order valence-electron chi connectivity index (χ3n) is 7.63. The Morgan fingerprint density at radius 2 is 1.60 bits per heavy atom. The van der Waals surface area contributed by atoms with Crippen LogP contribution in [-0.4, -0.2) is 19.1 Å². The summed E-state index contributed by atoms with van der Waals surface area (Å²) in [5.41, 5.74) is 7.40. The van der Waals surface area contributed by atoms with E-state index >= 15 is 4.39 Å². The van der Waals surface area contributed by atoms with Crippen LogP contribution in [0.5, 0.6) is 11.5 Å². The quantitative estimate of drug-likeness (QED) is 0.210. The number of nitriles is 1. The van der Waals surface area contributed by atoms with E-state index in [-0.39, 0.29) is 0 Å². The first kappa shape index (κ1) is 26.2. The van der Waals surface area contributed by atoms with Gasteiger partial charge in [-0.1, -0.05) is 23.8 Å². The second kappa shape index (κ2) is 10.3. The molecule has 0 fully saturated rings. The van der Waals surface area contributed by atoms with Gasteiger partial charge in [0.2, 0.25) is 0 Å². The molecule has 0 aliphatic rings. The van der Waals surface area contributed by atoms with Gasteiger partial charge in [0.25, 0.3) is 0 Å². The number of hydrogen-bond acceptors (Lipinski definition) is 4. The fourth-order valence-corrected chi connectivity index (χ4v) is 6.00. The molecule has 7 heteroatoms. The molecule has 0 unspecified atom stereocenters. The normalized spacial score (nSPS) is 11.2. The van der Waals surface area contributed by atoms with Crippen LogP contribution in [0.15, 0.2) is 104 Å². The van der Waals surface area contributed by atoms with E-state index in [9.17, 15) is 5.26 Å². The first-order valence-corrected chi connectivity index (χ1v) is 13.9. The minimum absolute atomic E-state index is 0.355. The van der Waals surface area contributed by atoms with E-state index in [0.717, 1.165) is 44.4 Å². The van der Waals surface area contributed by atoms with Gasteiger partial charge in [-0.2, -0.15) is 5.26 Å². The molecule has 43 heavy (non-hydrogen) atoms. The fourth-order valence-electron chi connectivity index (χ4n) is 6.00. The van der Waals surface area contributed by atoms with Crippen LogP contribution in [0.25, 0.3) is 44.7 Å². The zero-order chi connectivity index (χ0) is 29.7. The van der Waals surface area contributed by atoms with Gasteiger partial charge in [-0.3, -0.25) is 9.13 Å². The van der Waals surface area contributed by atoms with Gasteiger partial charge >= 0.3 is 0 Å². The highest BCUT2D eigenvalue weighted by Crippen LogP contribution is 2.36. The highest BCUT2D eigenvalue weighted by atomic mass is 19.1. The van der Waals surface area contributed by atoms with Crippen molar-refractivity contribution in [1.29, 1.82) is 5.26 Å². The number of halogens is 1. The molecule has 0 aliphatic heterocycles. The van der Waals surface area contributed by atoms with E-state index in [1.165, 1.54) is 17.7 Å². The summed E-state index contributed by atoms with van der Waals surface area (Å²) >= 11 is 0. The summed E-state index contributed by atoms with van der Waals surface area (Å²) < 4.78 is 25.4. The van der Waals surface area contributed by atoms with Gasteiger partial charge in [0.05, 0.1) is 28.4 Å². The lowest BCUT2D eigenvalue weighted by Crippen LogP contribution is -2.02. The van der Waals surface area contributed by atoms with Gasteiger partial charge in [-0.15, -0.1) is 0 Å². The Hall–Kier alpha value is -5.74. The Morgan fingerprint density at radius 1 is 0.767 bits per heavy atom. The number of benzene rings is 4. The monoisotopic (exact) mass is 563 g/mol. The Labute approximate surface area is 247 Å². The van der Waals surface area contributed by atoms with Gasteiger partial charge in [0, 0.05) is 47.1 Å². The van der Waals surface area contributed by atoms with E-state index in [0.29, 0.717) is 28.5 Å². The van der Waals surface area contributed by atoms with Crippen LogP contribution in [0.2, 0.25) is 0 Å². The average Bonchev–Trinajstić information content (AvgIpc) is 3.59. The van der Waals surface area contributed by atoms with Crippen molar-refractivity contribution in [3.05, 3.63) is 132 Å². The molecule has 0 saturated carbocycles. The van der Waals surface area contributed by atoms with Crippen LogP contribution < -0.4 is 4.74 Å². The summed E-state index contributed by atoms with van der Waals surface area (Å²) in [7, 11) is 0. The van der Waals surface area contributed by atoms with Crippen LogP contribution in [0.1, 0.15) is 22.3 Å². The zero-order valence-electron chi connectivity index (χ0n) is 23.8. The molecule has 0 N–H and O–H groups in total. The maximum absolute atomic E-state index is 15.1. The molecule has 0 amide bonds. The first-order valence-electron chi connectivity index (χ1n) is 13.9. The number of imidazole rings is 1. The number of hydrogen-bond donors (Lipinski definition) is 0. The summed E-state index contributed by atoms with van der Waals surface area (Å²) in [5.74, 6) is 1.84. The molecule has 0 bridgehead atoms. The molecule has 4 aromatic carbocycles. The molecule has 3 heterocycles. The van der Waals surface area contributed by atoms with E-state index in [1.54, 1.807) is 24.5 Å². The Kier molecular flexibility index (Phi) is 6.25. The molecule has 0 aliphatic carbocycles. The summed E-state index contributed by atoms with van der Waals surface area (Å²) in [5, 5.41) is 11.4. The van der Waals surface area contributed by atoms with Crippen molar-refractivity contribution in [2.24, 2.45) is 0 Å². The standard InChI is InChI=1S/C36H26FN5O/c1-22-14-23(2)35(24(3)15-22)41-13-12-40-36(41)26-17-27(37)19-29(18-26)43-28-8-9-30-31-16-25(21-38)7-10-32(31)42(33(30)20-28)34-6-4-5-11-39-34/h4-20H,1-3H3. The van der Waals surface area contributed by atoms with Crippen LogP contribution >= 0.6 is 0 Å². The number of aromatic nitrogens is 4. The van der Waals surface area contributed by atoms with Crippen molar-refractivity contribution in [2.45, 2.75) is 20.8 Å². The maximum Gasteiger partial charge on any atom is 0.144 e. The summed E-state index contributed by atoms with van der Waals surface area (Å²) in [4.78, 5) is 9.17. The molecule has 7 rings (SSSR count). The van der Waals surface area contributed by atoms with Crippen molar-refractivity contribution in [1.82, 2.24) is 19.1 Å². The molecular formula is C36H26FN5O. The van der Waals surface area contributed by atoms with Gasteiger partial charge in [-0.05, 0) is 86.5 Å². The molecular weight excluding hydrogens is 537 g/mol. The third-order valence-corrected chi connectivity index (χ3v) is 7.63. The SMILES string of the molecule is Cc1cc(C)c(-n2ccnc2-c2cc(F)cc(Oc3ccc4c5cc(C#N)ccc5n(-c5ccccn5)c4c3)c2)c(C)c1. The van der Waals surface area contributed by atoms with Gasteiger partial charge in [-0.25, -0.2) is 14.4 Å². The minimum atomic E-state index is -0.424. The van der Waals surface area contributed by atoms with Crippen molar-refractivity contribution in [2.75, 3.05) is 0 Å². The average molecular weight is 564 g/mol. The Bertz CT molecular complexity index is 2200. The number of rotatable bonds is 5. The van der Waals surface area contributed by atoms with Gasteiger partial charge < -0.3 is 4.74 Å². The lowest BCUT2D eigenvalue weighted by molar-refractivity contribution is 0.477. The second-order valence-corrected chi connectivity index (χ2v) is 10.7. The molecule has 0 spiro atoms. The van der Waals surface area contributed by atoms with Crippen LogP contribution in [0.3, 0.4) is 0 Å². The first-order chi connectivity index (χ1) is 20.9. The highest BCUT2D eigenvalue weighted by Gasteiger charge is 2.17. The molecule has 0 saturated heterocycles. The van der Waals surface area contributed by atoms with Crippen LogP contribution in [0, 0.1) is 37.9 Å². The minimum Gasteiger partial charge on any atom is -0.457 e. The lowest BCUT2D eigenvalue weighted by Gasteiger charge is -2.16. The molecule has 0 radical (unpaired) electrons. The molecule has 3 aromatic heterocycles. The molecule has 6 nitrogen and oxygen atoms in total. The van der Waals surface area contributed by atoms with Gasteiger partial charge in [0.1, 0.15) is 29.0 Å². The van der Waals surface area contributed by atoms with E-state index in [4.69, 9.17) is 4.74 Å². The Morgan fingerprint density at radius 3 is 2.37 bits per heavy atom. The van der Waals surface area contributed by atoms with E-state index in [2.05, 4.69) is 48.9 Å². The predicted octanol–water partition coefficient (Wildman–Crippen LogP) is 8.76. The highest BCUT2D eigenvalue weighted by molar-refractivity contribution is 6.09. The predicted molar refractivity (Wildman–Crippen MR) is 167 cm³/mol. The van der Waals surface area contributed by atoms with Crippen molar-refractivity contribution in [3.63, 3.8) is 0 Å². The number of nitrogens with zero attached hydrogens (tertiary/aromatic N) is 5. The molecule has 7 aromatic rings. The van der Waals surface area contributed by atoms with E-state index < -0.39 is 5.82 Å². The van der Waals surface area contributed by atoms with Crippen molar-refractivity contribution in [3.8, 4) is 40.5 Å².